The van der Waals surface area contributed by atoms with Crippen LogP contribution in [0.4, 0.5) is 0 Å². The van der Waals surface area contributed by atoms with Crippen LogP contribution in [0.2, 0.25) is 0 Å². The number of carbonyl (C=O) groups excluding carboxylic acids is 1. The van der Waals surface area contributed by atoms with Crippen molar-refractivity contribution in [3.05, 3.63) is 29.8 Å². The van der Waals surface area contributed by atoms with Crippen molar-refractivity contribution in [2.45, 2.75) is 4.90 Å². The molecule has 0 bridgehead atoms. The summed E-state index contributed by atoms with van der Waals surface area (Å²) < 4.78 is 31.2. The van der Waals surface area contributed by atoms with Crippen LogP contribution in [0.3, 0.4) is 0 Å². The van der Waals surface area contributed by atoms with E-state index in [-0.39, 0.29) is 43.3 Å². The third kappa shape index (κ3) is 4.90. The zero-order valence-electron chi connectivity index (χ0n) is 8.26. The van der Waals surface area contributed by atoms with E-state index in [0.29, 0.717) is 0 Å². The van der Waals surface area contributed by atoms with Gasteiger partial charge in [-0.15, -0.1) is 0 Å². The number of hydrogen-bond acceptors (Lipinski definition) is 5. The minimum absolute atomic E-state index is 0. The Kier molecular flexibility index (Phi) is 7.33. The summed E-state index contributed by atoms with van der Waals surface area (Å²) in [5.74, 6) is -1.42. The molecule has 5 nitrogen and oxygen atoms in total. The van der Waals surface area contributed by atoms with Gasteiger partial charge in [0.25, 0.3) is 0 Å². The van der Waals surface area contributed by atoms with Crippen LogP contribution < -0.4 is 42.8 Å². The Labute approximate surface area is 111 Å². The summed E-state index contributed by atoms with van der Waals surface area (Å²) in [7, 11) is -4.51. The number of benzene rings is 1. The summed E-state index contributed by atoms with van der Waals surface area (Å²) in [5.41, 5.74) is -0.174. The average Bonchev–Trinajstić information content (AvgIpc) is 2.03. The Morgan fingerprint density at radius 1 is 1.07 bits per heavy atom. The van der Waals surface area contributed by atoms with Crippen LogP contribution in [0.5, 0.6) is 0 Å². The van der Waals surface area contributed by atoms with Gasteiger partial charge in [0.1, 0.15) is 10.1 Å². The van der Waals surface area contributed by atoms with Gasteiger partial charge in [-0.1, -0.05) is 12.1 Å². The van der Waals surface area contributed by atoms with Crippen LogP contribution in [-0.2, 0) is 10.1 Å². The molecular weight excluding hydrogens is 210 g/mol. The van der Waals surface area contributed by atoms with E-state index in [0.717, 1.165) is 24.3 Å². The average molecular weight is 214 g/mol. The Hall–Kier alpha value is -0.205. The van der Waals surface area contributed by atoms with Crippen molar-refractivity contribution in [2.24, 2.45) is 0 Å². The number of rotatable bonds is 2. The molecule has 0 saturated heterocycles. The molecule has 0 amide bonds. The van der Waals surface area contributed by atoms with Crippen LogP contribution >= 0.6 is 0 Å². The SMILES string of the molecule is O=C([O-])c1ccc(S(=O)(=O)[O-])cc1.[Li+].[Li+]. The van der Waals surface area contributed by atoms with E-state index in [9.17, 15) is 22.9 Å². The Morgan fingerprint density at radius 3 is 1.73 bits per heavy atom. The number of carboxylic acid groups (broad SMARTS) is 1. The van der Waals surface area contributed by atoms with Crippen LogP contribution in [0.1, 0.15) is 10.4 Å². The van der Waals surface area contributed by atoms with E-state index in [1.54, 1.807) is 0 Å². The molecule has 0 aliphatic carbocycles. The first kappa shape index (κ1) is 17.2. The van der Waals surface area contributed by atoms with Crippen molar-refractivity contribution in [1.82, 2.24) is 0 Å². The molecule has 0 saturated carbocycles. The number of hydrogen-bond donors (Lipinski definition) is 0. The van der Waals surface area contributed by atoms with E-state index in [4.69, 9.17) is 0 Å². The van der Waals surface area contributed by atoms with Crippen molar-refractivity contribution >= 4 is 16.1 Å². The smallest absolute Gasteiger partial charge is 0.744 e. The van der Waals surface area contributed by atoms with E-state index >= 15 is 0 Å². The van der Waals surface area contributed by atoms with E-state index < -0.39 is 21.0 Å². The van der Waals surface area contributed by atoms with Gasteiger partial charge in [-0.3, -0.25) is 0 Å². The van der Waals surface area contributed by atoms with Crippen LogP contribution in [-0.4, -0.2) is 18.9 Å². The normalized spacial score (nSPS) is 9.67. The van der Waals surface area contributed by atoms with Gasteiger partial charge in [0, 0.05) is 0 Å². The fraction of sp³-hybridized carbons (Fsp3) is 0. The minimum Gasteiger partial charge on any atom is -0.744 e. The maximum absolute atomic E-state index is 10.4. The van der Waals surface area contributed by atoms with Gasteiger partial charge in [-0.05, 0) is 17.7 Å². The fourth-order valence-corrected chi connectivity index (χ4v) is 1.23. The molecule has 0 aliphatic rings. The van der Waals surface area contributed by atoms with Crippen molar-refractivity contribution in [1.29, 1.82) is 0 Å². The molecule has 8 heteroatoms. The van der Waals surface area contributed by atoms with Crippen molar-refractivity contribution in [3.8, 4) is 0 Å². The second-order valence-corrected chi connectivity index (χ2v) is 3.65. The maximum Gasteiger partial charge on any atom is 1.00 e. The zero-order valence-corrected chi connectivity index (χ0v) is 9.08. The standard InChI is InChI=1S/C7H6O5S.2Li/c8-7(9)5-1-3-6(4-2-5)13(10,11)12;;/h1-4H,(H,8,9)(H,10,11,12);;/q;2*+1/p-2. The van der Waals surface area contributed by atoms with Crippen LogP contribution in [0, 0.1) is 0 Å². The molecule has 0 aromatic heterocycles. The summed E-state index contributed by atoms with van der Waals surface area (Å²) in [6.45, 7) is 0. The molecule has 70 valence electrons. The largest absolute Gasteiger partial charge is 1.00 e. The van der Waals surface area contributed by atoms with Crippen molar-refractivity contribution < 1.29 is 60.6 Å². The predicted octanol–water partition coefficient (Wildman–Crippen LogP) is -7.04. The first-order valence-electron chi connectivity index (χ1n) is 3.18. The number of aromatic carboxylic acids is 1. The van der Waals surface area contributed by atoms with Gasteiger partial charge in [0.15, 0.2) is 0 Å². The molecule has 0 fully saturated rings. The molecule has 0 heterocycles. The first-order chi connectivity index (χ1) is 5.91. The van der Waals surface area contributed by atoms with Gasteiger partial charge < -0.3 is 14.5 Å². The van der Waals surface area contributed by atoms with Gasteiger partial charge in [0.2, 0.25) is 0 Å². The second kappa shape index (κ2) is 6.39. The molecule has 0 atom stereocenters. The van der Waals surface area contributed by atoms with Crippen molar-refractivity contribution in [2.75, 3.05) is 0 Å². The van der Waals surface area contributed by atoms with Gasteiger partial charge in [0.05, 0.1) is 10.9 Å². The van der Waals surface area contributed by atoms with E-state index in [1.165, 1.54) is 0 Å². The first-order valence-corrected chi connectivity index (χ1v) is 4.59. The zero-order chi connectivity index (χ0) is 10.1. The molecule has 0 aliphatic heterocycles. The summed E-state index contributed by atoms with van der Waals surface area (Å²) >= 11 is 0. The second-order valence-electron chi connectivity index (χ2n) is 2.27. The fourth-order valence-electron chi connectivity index (χ4n) is 0.758. The van der Waals surface area contributed by atoms with Crippen molar-refractivity contribution in [3.63, 3.8) is 0 Å². The Bertz CT molecular complexity index is 425. The molecule has 0 N–H and O–H groups in total. The molecule has 1 rings (SSSR count). The molecule has 1 aromatic rings. The monoisotopic (exact) mass is 214 g/mol. The number of carbonyl (C=O) groups is 1. The molecule has 1 aromatic carbocycles. The molecule has 0 spiro atoms. The van der Waals surface area contributed by atoms with Gasteiger partial charge >= 0.3 is 37.7 Å². The summed E-state index contributed by atoms with van der Waals surface area (Å²) in [5, 5.41) is 10.2. The Balaban J connectivity index is 0. The van der Waals surface area contributed by atoms with Crippen LogP contribution in [0.15, 0.2) is 29.2 Å². The summed E-state index contributed by atoms with van der Waals surface area (Å²) in [6, 6.07) is 3.85. The molecule has 15 heavy (non-hydrogen) atoms. The maximum atomic E-state index is 10.4. The van der Waals surface area contributed by atoms with Crippen LogP contribution in [0.25, 0.3) is 0 Å². The van der Waals surface area contributed by atoms with Gasteiger partial charge in [-0.25, -0.2) is 8.42 Å². The summed E-state index contributed by atoms with van der Waals surface area (Å²) in [4.78, 5) is 9.76. The quantitative estimate of drug-likeness (QED) is 0.360. The molecule has 0 radical (unpaired) electrons. The third-order valence-corrected chi connectivity index (χ3v) is 2.23. The minimum atomic E-state index is -4.51. The number of carboxylic acids is 1. The molecular formula is C7H4Li2O5S. The van der Waals surface area contributed by atoms with E-state index in [2.05, 4.69) is 0 Å². The van der Waals surface area contributed by atoms with Gasteiger partial charge in [-0.2, -0.15) is 0 Å². The summed E-state index contributed by atoms with van der Waals surface area (Å²) in [6.07, 6.45) is 0. The predicted molar refractivity (Wildman–Crippen MR) is 38.7 cm³/mol. The molecule has 0 unspecified atom stereocenters. The van der Waals surface area contributed by atoms with E-state index in [1.807, 2.05) is 0 Å². The topological polar surface area (TPSA) is 97.3 Å². The Morgan fingerprint density at radius 2 is 1.47 bits per heavy atom. The third-order valence-electron chi connectivity index (χ3n) is 1.38.